The van der Waals surface area contributed by atoms with Crippen LogP contribution in [0.2, 0.25) is 0 Å². The molecule has 21 heavy (non-hydrogen) atoms. The summed E-state index contributed by atoms with van der Waals surface area (Å²) in [6.45, 7) is 2.81. The second-order valence-electron chi connectivity index (χ2n) is 5.12. The van der Waals surface area contributed by atoms with Gasteiger partial charge in [-0.3, -0.25) is 9.36 Å². The molecule has 0 aliphatic rings. The standard InChI is InChI=1S/C16H19N5/c1-3-13-8-14(20(2)19-13)11-21-10-12(9-18-21)15-6-4-5-7-16(15)17/h4-10H,3,11,17H2,1-2H3. The van der Waals surface area contributed by atoms with Gasteiger partial charge in [0.1, 0.15) is 0 Å². The molecular formula is C16H19N5. The molecule has 5 nitrogen and oxygen atoms in total. The molecule has 5 heteroatoms. The largest absolute Gasteiger partial charge is 0.398 e. The Kier molecular flexibility index (Phi) is 3.48. The highest BCUT2D eigenvalue weighted by molar-refractivity contribution is 5.75. The molecular weight excluding hydrogens is 262 g/mol. The van der Waals surface area contributed by atoms with Crippen LogP contribution in [-0.4, -0.2) is 19.6 Å². The highest BCUT2D eigenvalue weighted by Gasteiger charge is 2.08. The van der Waals surface area contributed by atoms with Crippen LogP contribution in [0.1, 0.15) is 18.3 Å². The first-order chi connectivity index (χ1) is 10.2. The van der Waals surface area contributed by atoms with Gasteiger partial charge < -0.3 is 5.73 Å². The van der Waals surface area contributed by atoms with E-state index in [9.17, 15) is 0 Å². The maximum Gasteiger partial charge on any atom is 0.0828 e. The van der Waals surface area contributed by atoms with Crippen LogP contribution in [0.4, 0.5) is 5.69 Å². The van der Waals surface area contributed by atoms with Crippen molar-refractivity contribution in [2.24, 2.45) is 7.05 Å². The van der Waals surface area contributed by atoms with E-state index >= 15 is 0 Å². The van der Waals surface area contributed by atoms with Gasteiger partial charge in [0.2, 0.25) is 0 Å². The highest BCUT2D eigenvalue weighted by Crippen LogP contribution is 2.24. The molecule has 0 saturated heterocycles. The predicted octanol–water partition coefficient (Wildman–Crippen LogP) is 2.48. The summed E-state index contributed by atoms with van der Waals surface area (Å²) in [4.78, 5) is 0. The number of hydrogen-bond acceptors (Lipinski definition) is 3. The van der Waals surface area contributed by atoms with Crippen molar-refractivity contribution in [2.45, 2.75) is 19.9 Å². The number of aryl methyl sites for hydroxylation is 2. The SMILES string of the molecule is CCc1cc(Cn2cc(-c3ccccc3N)cn2)n(C)n1. The van der Waals surface area contributed by atoms with Gasteiger partial charge in [-0.15, -0.1) is 0 Å². The maximum atomic E-state index is 6.01. The Labute approximate surface area is 124 Å². The summed E-state index contributed by atoms with van der Waals surface area (Å²) in [6, 6.07) is 9.96. The molecule has 0 atom stereocenters. The second kappa shape index (κ2) is 5.44. The van der Waals surface area contributed by atoms with Gasteiger partial charge in [0.05, 0.1) is 24.1 Å². The molecule has 0 radical (unpaired) electrons. The molecule has 1 aromatic carbocycles. The number of hydrogen-bond donors (Lipinski definition) is 1. The van der Waals surface area contributed by atoms with Crippen LogP contribution < -0.4 is 5.73 Å². The lowest BCUT2D eigenvalue weighted by molar-refractivity contribution is 0.618. The van der Waals surface area contributed by atoms with Crippen molar-refractivity contribution in [3.8, 4) is 11.1 Å². The Morgan fingerprint density at radius 2 is 2.05 bits per heavy atom. The van der Waals surface area contributed by atoms with E-state index in [0.29, 0.717) is 6.54 Å². The Morgan fingerprint density at radius 3 is 2.76 bits per heavy atom. The summed E-state index contributed by atoms with van der Waals surface area (Å²) in [5.41, 5.74) is 11.1. The normalized spacial score (nSPS) is 11.0. The van der Waals surface area contributed by atoms with E-state index in [0.717, 1.165) is 34.6 Å². The van der Waals surface area contributed by atoms with E-state index in [1.165, 1.54) is 0 Å². The number of rotatable bonds is 4. The van der Waals surface area contributed by atoms with Gasteiger partial charge in [-0.05, 0) is 18.6 Å². The first-order valence-corrected chi connectivity index (χ1v) is 7.06. The Hall–Kier alpha value is -2.56. The lowest BCUT2D eigenvalue weighted by Crippen LogP contribution is -2.05. The summed E-state index contributed by atoms with van der Waals surface area (Å²) in [5.74, 6) is 0. The average molecular weight is 281 g/mol. The molecule has 0 fully saturated rings. The number of aromatic nitrogens is 4. The van der Waals surface area contributed by atoms with E-state index in [1.807, 2.05) is 53.1 Å². The van der Waals surface area contributed by atoms with Gasteiger partial charge >= 0.3 is 0 Å². The topological polar surface area (TPSA) is 61.7 Å². The van der Waals surface area contributed by atoms with Crippen molar-refractivity contribution >= 4 is 5.69 Å². The fourth-order valence-electron chi connectivity index (χ4n) is 2.41. The third-order valence-electron chi connectivity index (χ3n) is 3.62. The molecule has 0 spiro atoms. The fraction of sp³-hybridized carbons (Fsp3) is 0.250. The number of nitrogens with two attached hydrogens (primary N) is 1. The van der Waals surface area contributed by atoms with Crippen LogP contribution in [0.3, 0.4) is 0 Å². The van der Waals surface area contributed by atoms with E-state index in [-0.39, 0.29) is 0 Å². The van der Waals surface area contributed by atoms with Gasteiger partial charge in [0, 0.05) is 30.1 Å². The molecule has 3 aromatic rings. The summed E-state index contributed by atoms with van der Waals surface area (Å²) in [5, 5.41) is 8.89. The Bertz CT molecular complexity index is 754. The quantitative estimate of drug-likeness (QED) is 0.747. The number of benzene rings is 1. The minimum atomic E-state index is 0.705. The van der Waals surface area contributed by atoms with Crippen LogP contribution in [-0.2, 0) is 20.0 Å². The zero-order chi connectivity index (χ0) is 14.8. The molecule has 2 N–H and O–H groups in total. The van der Waals surface area contributed by atoms with E-state index in [2.05, 4.69) is 23.2 Å². The van der Waals surface area contributed by atoms with Crippen molar-refractivity contribution < 1.29 is 0 Å². The molecule has 3 rings (SSSR count). The van der Waals surface area contributed by atoms with Gasteiger partial charge in [0.15, 0.2) is 0 Å². The molecule has 0 saturated carbocycles. The van der Waals surface area contributed by atoms with Gasteiger partial charge in [-0.1, -0.05) is 25.1 Å². The maximum absolute atomic E-state index is 6.01. The predicted molar refractivity (Wildman–Crippen MR) is 83.8 cm³/mol. The Balaban J connectivity index is 1.85. The average Bonchev–Trinajstić information content (AvgIpc) is 3.07. The van der Waals surface area contributed by atoms with E-state index < -0.39 is 0 Å². The van der Waals surface area contributed by atoms with Crippen molar-refractivity contribution in [3.63, 3.8) is 0 Å². The molecule has 0 aliphatic carbocycles. The third kappa shape index (κ3) is 2.67. The van der Waals surface area contributed by atoms with Crippen molar-refractivity contribution in [2.75, 3.05) is 5.73 Å². The molecule has 0 bridgehead atoms. The molecule has 108 valence electrons. The molecule has 2 heterocycles. The van der Waals surface area contributed by atoms with Gasteiger partial charge in [0.25, 0.3) is 0 Å². The van der Waals surface area contributed by atoms with Gasteiger partial charge in [-0.2, -0.15) is 10.2 Å². The number of nitrogens with zero attached hydrogens (tertiary/aromatic N) is 4. The lowest BCUT2D eigenvalue weighted by Gasteiger charge is -2.03. The smallest absolute Gasteiger partial charge is 0.0828 e. The highest BCUT2D eigenvalue weighted by atomic mass is 15.3. The lowest BCUT2D eigenvalue weighted by atomic mass is 10.1. The van der Waals surface area contributed by atoms with E-state index in [4.69, 9.17) is 5.73 Å². The number of para-hydroxylation sites is 1. The number of anilines is 1. The summed E-state index contributed by atoms with van der Waals surface area (Å²) < 4.78 is 3.83. The van der Waals surface area contributed by atoms with Crippen molar-refractivity contribution in [3.05, 3.63) is 54.1 Å². The third-order valence-corrected chi connectivity index (χ3v) is 3.62. The van der Waals surface area contributed by atoms with E-state index in [1.54, 1.807) is 0 Å². The molecule has 0 amide bonds. The summed E-state index contributed by atoms with van der Waals surface area (Å²) in [6.07, 6.45) is 4.81. The first-order valence-electron chi connectivity index (χ1n) is 7.06. The second-order valence-corrected chi connectivity index (χ2v) is 5.12. The molecule has 0 aliphatic heterocycles. The van der Waals surface area contributed by atoms with Gasteiger partial charge in [-0.25, -0.2) is 0 Å². The molecule has 0 unspecified atom stereocenters. The summed E-state index contributed by atoms with van der Waals surface area (Å²) >= 11 is 0. The molecule has 2 aromatic heterocycles. The van der Waals surface area contributed by atoms with Crippen LogP contribution in [0, 0.1) is 0 Å². The van der Waals surface area contributed by atoms with Crippen LogP contribution >= 0.6 is 0 Å². The zero-order valence-electron chi connectivity index (χ0n) is 12.3. The summed E-state index contributed by atoms with van der Waals surface area (Å²) in [7, 11) is 1.97. The van der Waals surface area contributed by atoms with Crippen LogP contribution in [0.15, 0.2) is 42.7 Å². The minimum Gasteiger partial charge on any atom is -0.398 e. The van der Waals surface area contributed by atoms with Crippen molar-refractivity contribution in [1.82, 2.24) is 19.6 Å². The Morgan fingerprint density at radius 1 is 1.24 bits per heavy atom. The number of nitrogen functional groups attached to an aromatic ring is 1. The van der Waals surface area contributed by atoms with Crippen molar-refractivity contribution in [1.29, 1.82) is 0 Å². The van der Waals surface area contributed by atoms with Crippen LogP contribution in [0.25, 0.3) is 11.1 Å². The fourth-order valence-corrected chi connectivity index (χ4v) is 2.41. The minimum absolute atomic E-state index is 0.705. The first kappa shape index (κ1) is 13.4. The van der Waals surface area contributed by atoms with Crippen LogP contribution in [0.5, 0.6) is 0 Å². The zero-order valence-corrected chi connectivity index (χ0v) is 12.3. The monoisotopic (exact) mass is 281 g/mol.